The van der Waals surface area contributed by atoms with E-state index in [0.717, 1.165) is 13.1 Å². The van der Waals surface area contributed by atoms with Gasteiger partial charge in [0.15, 0.2) is 0 Å². The lowest BCUT2D eigenvalue weighted by Gasteiger charge is -2.38. The highest BCUT2D eigenvalue weighted by molar-refractivity contribution is 5.85. The lowest BCUT2D eigenvalue weighted by atomic mass is 10.1. The van der Waals surface area contributed by atoms with Crippen LogP contribution in [-0.4, -0.2) is 49.2 Å². The summed E-state index contributed by atoms with van der Waals surface area (Å²) in [6, 6.07) is 0.740. The van der Waals surface area contributed by atoms with Gasteiger partial charge in [-0.05, 0) is 20.8 Å². The van der Waals surface area contributed by atoms with Crippen molar-refractivity contribution in [1.29, 1.82) is 0 Å². The maximum Gasteiger partial charge on any atom is 0.322 e. The SMILES string of the molecule is COC(=O)C(C)N1CC(C)NC(C)C1.Cl. The molecule has 0 saturated carbocycles. The van der Waals surface area contributed by atoms with E-state index in [9.17, 15) is 4.79 Å². The second-order valence-corrected chi connectivity index (χ2v) is 4.12. The fraction of sp³-hybridized carbons (Fsp3) is 0.900. The summed E-state index contributed by atoms with van der Waals surface area (Å²) in [6.07, 6.45) is 0. The van der Waals surface area contributed by atoms with Crippen LogP contribution in [0.4, 0.5) is 0 Å². The summed E-state index contributed by atoms with van der Waals surface area (Å²) < 4.78 is 4.73. The molecule has 1 rings (SSSR count). The molecule has 0 bridgehead atoms. The van der Waals surface area contributed by atoms with Crippen molar-refractivity contribution >= 4 is 18.4 Å². The minimum atomic E-state index is -0.147. The van der Waals surface area contributed by atoms with Crippen molar-refractivity contribution in [1.82, 2.24) is 10.2 Å². The zero-order valence-corrected chi connectivity index (χ0v) is 10.6. The zero-order chi connectivity index (χ0) is 10.7. The average Bonchev–Trinajstić information content (AvgIpc) is 2.14. The third kappa shape index (κ3) is 3.97. The van der Waals surface area contributed by atoms with Crippen LogP contribution in [0.3, 0.4) is 0 Å². The Labute approximate surface area is 97.8 Å². The molecule has 3 atom stereocenters. The van der Waals surface area contributed by atoms with Crippen LogP contribution in [0.5, 0.6) is 0 Å². The van der Waals surface area contributed by atoms with Crippen LogP contribution in [0.25, 0.3) is 0 Å². The van der Waals surface area contributed by atoms with Gasteiger partial charge < -0.3 is 10.1 Å². The number of nitrogens with zero attached hydrogens (tertiary/aromatic N) is 1. The van der Waals surface area contributed by atoms with Crippen LogP contribution >= 0.6 is 12.4 Å². The first-order valence-corrected chi connectivity index (χ1v) is 5.12. The largest absolute Gasteiger partial charge is 0.468 e. The van der Waals surface area contributed by atoms with Gasteiger partial charge in [0.1, 0.15) is 6.04 Å². The molecule has 0 aliphatic carbocycles. The van der Waals surface area contributed by atoms with Gasteiger partial charge >= 0.3 is 5.97 Å². The highest BCUT2D eigenvalue weighted by atomic mass is 35.5. The number of hydrogen-bond donors (Lipinski definition) is 1. The minimum Gasteiger partial charge on any atom is -0.468 e. The van der Waals surface area contributed by atoms with Crippen LogP contribution < -0.4 is 5.32 Å². The van der Waals surface area contributed by atoms with Crippen LogP contribution in [0.2, 0.25) is 0 Å². The molecule has 1 fully saturated rings. The number of nitrogens with one attached hydrogen (secondary N) is 1. The summed E-state index contributed by atoms with van der Waals surface area (Å²) in [5.74, 6) is -0.147. The monoisotopic (exact) mass is 236 g/mol. The van der Waals surface area contributed by atoms with Crippen LogP contribution in [-0.2, 0) is 9.53 Å². The number of rotatable bonds is 2. The Bertz CT molecular complexity index is 204. The van der Waals surface area contributed by atoms with Gasteiger partial charge in [0.25, 0.3) is 0 Å². The van der Waals surface area contributed by atoms with Gasteiger partial charge in [-0.2, -0.15) is 0 Å². The Morgan fingerprint density at radius 1 is 1.40 bits per heavy atom. The summed E-state index contributed by atoms with van der Waals surface area (Å²) in [6.45, 7) is 7.97. The first kappa shape index (κ1) is 14.7. The number of ether oxygens (including phenoxy) is 1. The third-order valence-corrected chi connectivity index (χ3v) is 2.68. The maximum absolute atomic E-state index is 11.3. The van der Waals surface area contributed by atoms with Crippen molar-refractivity contribution in [2.24, 2.45) is 0 Å². The fourth-order valence-electron chi connectivity index (χ4n) is 2.01. The second kappa shape index (κ2) is 6.30. The van der Waals surface area contributed by atoms with Crippen molar-refractivity contribution in [3.05, 3.63) is 0 Å². The number of piperazine rings is 1. The number of esters is 1. The summed E-state index contributed by atoms with van der Waals surface area (Å²) in [4.78, 5) is 13.5. The Morgan fingerprint density at radius 3 is 2.27 bits per heavy atom. The Hall–Kier alpha value is -0.320. The molecular formula is C10H21ClN2O2. The van der Waals surface area contributed by atoms with E-state index in [1.54, 1.807) is 0 Å². The predicted octanol–water partition coefficient (Wildman–Crippen LogP) is 0.652. The van der Waals surface area contributed by atoms with Gasteiger partial charge in [-0.1, -0.05) is 0 Å². The molecule has 1 saturated heterocycles. The van der Waals surface area contributed by atoms with E-state index in [1.807, 2.05) is 6.92 Å². The van der Waals surface area contributed by atoms with Crippen LogP contribution in [0.15, 0.2) is 0 Å². The highest BCUT2D eigenvalue weighted by Gasteiger charge is 2.28. The standard InChI is InChI=1S/C10H20N2O2.ClH/c1-7-5-12(6-8(2)11-7)9(3)10(13)14-4;/h7-9,11H,5-6H2,1-4H3;1H. The van der Waals surface area contributed by atoms with Gasteiger partial charge in [-0.25, -0.2) is 0 Å². The molecule has 1 aliphatic heterocycles. The van der Waals surface area contributed by atoms with Gasteiger partial charge in [0, 0.05) is 25.2 Å². The van der Waals surface area contributed by atoms with Crippen molar-refractivity contribution in [2.45, 2.75) is 38.9 Å². The topological polar surface area (TPSA) is 41.6 Å². The number of hydrogen-bond acceptors (Lipinski definition) is 4. The van der Waals surface area contributed by atoms with Gasteiger partial charge in [0.2, 0.25) is 0 Å². The maximum atomic E-state index is 11.3. The van der Waals surface area contributed by atoms with Crippen molar-refractivity contribution in [3.63, 3.8) is 0 Å². The zero-order valence-electron chi connectivity index (χ0n) is 9.82. The number of carbonyl (C=O) groups is 1. The molecule has 0 spiro atoms. The number of halogens is 1. The van der Waals surface area contributed by atoms with Crippen LogP contribution in [0, 0.1) is 0 Å². The molecule has 3 unspecified atom stereocenters. The van der Waals surface area contributed by atoms with E-state index < -0.39 is 0 Å². The molecule has 1 aliphatic rings. The van der Waals surface area contributed by atoms with Gasteiger partial charge in [0.05, 0.1) is 7.11 Å². The molecule has 1 N–H and O–H groups in total. The van der Waals surface area contributed by atoms with E-state index in [4.69, 9.17) is 4.74 Å². The van der Waals surface area contributed by atoms with Crippen molar-refractivity contribution in [2.75, 3.05) is 20.2 Å². The molecule has 4 nitrogen and oxygen atoms in total. The molecule has 0 amide bonds. The molecule has 15 heavy (non-hydrogen) atoms. The first-order valence-electron chi connectivity index (χ1n) is 5.12. The first-order chi connectivity index (χ1) is 6.54. The normalized spacial score (nSPS) is 29.1. The van der Waals surface area contributed by atoms with E-state index in [2.05, 4.69) is 24.1 Å². The molecule has 0 radical (unpaired) electrons. The number of methoxy groups -OCH3 is 1. The molecule has 5 heteroatoms. The molecule has 1 heterocycles. The Balaban J connectivity index is 0.00000196. The summed E-state index contributed by atoms with van der Waals surface area (Å²) in [7, 11) is 1.44. The van der Waals surface area contributed by atoms with Gasteiger partial charge in [-0.3, -0.25) is 9.69 Å². The lowest BCUT2D eigenvalue weighted by Crippen LogP contribution is -2.58. The summed E-state index contributed by atoms with van der Waals surface area (Å²) in [5, 5.41) is 3.43. The molecule has 90 valence electrons. The third-order valence-electron chi connectivity index (χ3n) is 2.68. The van der Waals surface area contributed by atoms with Crippen molar-refractivity contribution in [3.8, 4) is 0 Å². The average molecular weight is 237 g/mol. The van der Waals surface area contributed by atoms with Gasteiger partial charge in [-0.15, -0.1) is 12.4 Å². The molecule has 0 aromatic rings. The Kier molecular flexibility index (Phi) is 6.17. The quantitative estimate of drug-likeness (QED) is 0.715. The fourth-order valence-corrected chi connectivity index (χ4v) is 2.01. The van der Waals surface area contributed by atoms with Crippen molar-refractivity contribution < 1.29 is 9.53 Å². The molecular weight excluding hydrogens is 216 g/mol. The lowest BCUT2D eigenvalue weighted by molar-refractivity contribution is -0.146. The van der Waals surface area contributed by atoms with E-state index in [-0.39, 0.29) is 24.4 Å². The highest BCUT2D eigenvalue weighted by Crippen LogP contribution is 2.09. The molecule has 0 aromatic heterocycles. The van der Waals surface area contributed by atoms with Crippen LogP contribution in [0.1, 0.15) is 20.8 Å². The van der Waals surface area contributed by atoms with E-state index in [0.29, 0.717) is 12.1 Å². The molecule has 0 aromatic carbocycles. The summed E-state index contributed by atoms with van der Waals surface area (Å²) >= 11 is 0. The smallest absolute Gasteiger partial charge is 0.322 e. The van der Waals surface area contributed by atoms with E-state index in [1.165, 1.54) is 7.11 Å². The number of carbonyl (C=O) groups excluding carboxylic acids is 1. The van der Waals surface area contributed by atoms with E-state index >= 15 is 0 Å². The predicted molar refractivity (Wildman–Crippen MR) is 62.4 cm³/mol. The second-order valence-electron chi connectivity index (χ2n) is 4.12. The minimum absolute atomic E-state index is 0. The summed E-state index contributed by atoms with van der Waals surface area (Å²) in [5.41, 5.74) is 0. The Morgan fingerprint density at radius 2 is 1.87 bits per heavy atom.